The Morgan fingerprint density at radius 1 is 0.967 bits per heavy atom. The fourth-order valence-electron chi connectivity index (χ4n) is 4.12. The van der Waals surface area contributed by atoms with Gasteiger partial charge in [-0.1, -0.05) is 37.6 Å². The molecule has 0 atom stereocenters. The summed E-state index contributed by atoms with van der Waals surface area (Å²) in [5.41, 5.74) is 3.84. The average molecular weight is 424 g/mol. The number of aromatic nitrogens is 1. The van der Waals surface area contributed by atoms with Gasteiger partial charge in [0.05, 0.1) is 16.1 Å². The van der Waals surface area contributed by atoms with Gasteiger partial charge in [0.1, 0.15) is 4.90 Å². The van der Waals surface area contributed by atoms with Crippen LogP contribution in [0, 0.1) is 6.92 Å². The maximum atomic E-state index is 13.7. The third-order valence-electron chi connectivity index (χ3n) is 6.03. The monoisotopic (exact) mass is 423 g/mol. The Balaban J connectivity index is 1.88. The maximum absolute atomic E-state index is 13.7. The van der Waals surface area contributed by atoms with Crippen LogP contribution in [0.2, 0.25) is 0 Å². The highest BCUT2D eigenvalue weighted by molar-refractivity contribution is 7.91. The second-order valence-corrected chi connectivity index (χ2v) is 9.83. The SMILES string of the molecule is CCc1ccc(S(=O)(=O)c2cnc3ccc(C)cc3c2N2CCN(CC)CC2)cc1. The number of nitrogens with zero attached hydrogens (tertiary/aromatic N) is 3. The molecule has 2 heterocycles. The maximum Gasteiger partial charge on any atom is 0.210 e. The molecular weight excluding hydrogens is 394 g/mol. The predicted octanol–water partition coefficient (Wildman–Crippen LogP) is 4.08. The Hall–Kier alpha value is -2.44. The van der Waals surface area contributed by atoms with Crippen molar-refractivity contribution < 1.29 is 8.42 Å². The first-order valence-electron chi connectivity index (χ1n) is 10.6. The van der Waals surface area contributed by atoms with E-state index in [0.717, 1.165) is 66.9 Å². The van der Waals surface area contributed by atoms with Gasteiger partial charge in [0.25, 0.3) is 0 Å². The molecule has 0 unspecified atom stereocenters. The van der Waals surface area contributed by atoms with Crippen LogP contribution in [0.1, 0.15) is 25.0 Å². The van der Waals surface area contributed by atoms with Gasteiger partial charge >= 0.3 is 0 Å². The molecule has 1 aliphatic heterocycles. The van der Waals surface area contributed by atoms with E-state index in [1.807, 2.05) is 31.2 Å². The molecule has 5 nitrogen and oxygen atoms in total. The summed E-state index contributed by atoms with van der Waals surface area (Å²) in [4.78, 5) is 9.76. The number of rotatable bonds is 5. The molecule has 1 aliphatic rings. The van der Waals surface area contributed by atoms with Crippen LogP contribution in [-0.4, -0.2) is 51.0 Å². The van der Waals surface area contributed by atoms with Gasteiger partial charge in [-0.2, -0.15) is 0 Å². The first-order valence-corrected chi connectivity index (χ1v) is 12.1. The molecule has 0 aliphatic carbocycles. The Kier molecular flexibility index (Phi) is 5.80. The normalized spacial score (nSPS) is 15.6. The minimum atomic E-state index is -3.69. The van der Waals surface area contributed by atoms with E-state index in [-0.39, 0.29) is 0 Å². The highest BCUT2D eigenvalue weighted by atomic mass is 32.2. The summed E-state index contributed by atoms with van der Waals surface area (Å²) >= 11 is 0. The quantitative estimate of drug-likeness (QED) is 0.619. The van der Waals surface area contributed by atoms with Gasteiger partial charge in [-0.15, -0.1) is 0 Å². The Morgan fingerprint density at radius 2 is 1.67 bits per heavy atom. The molecule has 4 rings (SSSR count). The number of sulfone groups is 1. The van der Waals surface area contributed by atoms with E-state index < -0.39 is 9.84 Å². The topological polar surface area (TPSA) is 53.5 Å². The Bertz CT molecular complexity index is 1150. The fourth-order valence-corrected chi connectivity index (χ4v) is 5.55. The first kappa shape index (κ1) is 20.8. The molecule has 158 valence electrons. The lowest BCUT2D eigenvalue weighted by Gasteiger charge is -2.36. The van der Waals surface area contributed by atoms with Crippen LogP contribution in [0.25, 0.3) is 10.9 Å². The minimum Gasteiger partial charge on any atom is -0.367 e. The standard InChI is InChI=1S/C24H29N3O2S/c1-4-19-7-9-20(10-8-19)30(28,29)23-17-25-22-11-6-18(3)16-21(22)24(23)27-14-12-26(5-2)13-15-27/h6-11,16-17H,4-5,12-15H2,1-3H3. The first-order chi connectivity index (χ1) is 14.4. The van der Waals surface area contributed by atoms with Crippen LogP contribution in [-0.2, 0) is 16.3 Å². The summed E-state index contributed by atoms with van der Waals surface area (Å²) in [5.74, 6) is 0. The van der Waals surface area contributed by atoms with Crippen LogP contribution in [0.3, 0.4) is 0 Å². The minimum absolute atomic E-state index is 0.301. The number of fused-ring (bicyclic) bond motifs is 1. The Labute approximate surface area is 179 Å². The summed E-state index contributed by atoms with van der Waals surface area (Å²) in [5, 5.41) is 0.909. The van der Waals surface area contributed by atoms with Crippen molar-refractivity contribution in [1.82, 2.24) is 9.88 Å². The Morgan fingerprint density at radius 3 is 2.30 bits per heavy atom. The number of aryl methyl sites for hydroxylation is 2. The van der Waals surface area contributed by atoms with Gasteiger partial charge in [-0.05, 0) is 49.7 Å². The molecule has 30 heavy (non-hydrogen) atoms. The third-order valence-corrected chi connectivity index (χ3v) is 7.80. The number of hydrogen-bond acceptors (Lipinski definition) is 5. The predicted molar refractivity (Wildman–Crippen MR) is 122 cm³/mol. The van der Waals surface area contributed by atoms with Gasteiger partial charge in [0.15, 0.2) is 0 Å². The van der Waals surface area contributed by atoms with Crippen molar-refractivity contribution in [2.24, 2.45) is 0 Å². The largest absolute Gasteiger partial charge is 0.367 e. The van der Waals surface area contributed by atoms with Gasteiger partial charge < -0.3 is 9.80 Å². The van der Waals surface area contributed by atoms with Gasteiger partial charge in [-0.25, -0.2) is 8.42 Å². The summed E-state index contributed by atoms with van der Waals surface area (Å²) in [6.45, 7) is 10.7. The van der Waals surface area contributed by atoms with E-state index in [1.165, 1.54) is 0 Å². The van der Waals surface area contributed by atoms with E-state index in [1.54, 1.807) is 18.3 Å². The van der Waals surface area contributed by atoms with Crippen LogP contribution in [0.4, 0.5) is 5.69 Å². The number of pyridine rings is 1. The smallest absolute Gasteiger partial charge is 0.210 e. The van der Waals surface area contributed by atoms with Crippen molar-refractivity contribution in [3.63, 3.8) is 0 Å². The third kappa shape index (κ3) is 3.82. The molecule has 0 radical (unpaired) electrons. The van der Waals surface area contributed by atoms with Crippen LogP contribution < -0.4 is 4.90 Å². The van der Waals surface area contributed by atoms with Crippen LogP contribution in [0.15, 0.2) is 58.5 Å². The van der Waals surface area contributed by atoms with E-state index in [2.05, 4.69) is 34.7 Å². The zero-order valence-corrected chi connectivity index (χ0v) is 18.7. The second-order valence-electron chi connectivity index (χ2n) is 7.91. The van der Waals surface area contributed by atoms with E-state index in [0.29, 0.717) is 9.79 Å². The zero-order chi connectivity index (χ0) is 21.3. The van der Waals surface area contributed by atoms with E-state index in [4.69, 9.17) is 0 Å². The van der Waals surface area contributed by atoms with Gasteiger partial charge in [0.2, 0.25) is 9.84 Å². The average Bonchev–Trinajstić information content (AvgIpc) is 2.78. The van der Waals surface area contributed by atoms with Crippen molar-refractivity contribution in [3.8, 4) is 0 Å². The summed E-state index contributed by atoms with van der Waals surface area (Å²) in [6.07, 6.45) is 2.42. The molecule has 3 aromatic rings. The summed E-state index contributed by atoms with van der Waals surface area (Å²) < 4.78 is 27.3. The molecular formula is C24H29N3O2S. The fraction of sp³-hybridized carbons (Fsp3) is 0.375. The lowest BCUT2D eigenvalue weighted by atomic mass is 10.1. The highest BCUT2D eigenvalue weighted by Crippen LogP contribution is 2.36. The van der Waals surface area contributed by atoms with E-state index in [9.17, 15) is 8.42 Å². The van der Waals surface area contributed by atoms with Crippen LogP contribution >= 0.6 is 0 Å². The van der Waals surface area contributed by atoms with Crippen molar-refractivity contribution >= 4 is 26.4 Å². The van der Waals surface area contributed by atoms with Gasteiger partial charge in [0, 0.05) is 37.8 Å². The van der Waals surface area contributed by atoms with Crippen molar-refractivity contribution in [2.75, 3.05) is 37.6 Å². The van der Waals surface area contributed by atoms with E-state index >= 15 is 0 Å². The number of likely N-dealkylation sites (N-methyl/N-ethyl adjacent to an activating group) is 1. The molecule has 0 spiro atoms. The summed E-state index contributed by atoms with van der Waals surface area (Å²) in [6, 6.07) is 13.3. The number of piperazine rings is 1. The number of anilines is 1. The molecule has 1 saturated heterocycles. The number of hydrogen-bond donors (Lipinski definition) is 0. The van der Waals surface area contributed by atoms with Crippen molar-refractivity contribution in [2.45, 2.75) is 37.0 Å². The van der Waals surface area contributed by atoms with Crippen molar-refractivity contribution in [3.05, 3.63) is 59.8 Å². The summed E-state index contributed by atoms with van der Waals surface area (Å²) in [7, 11) is -3.69. The second kappa shape index (κ2) is 8.36. The molecule has 0 bridgehead atoms. The molecule has 0 saturated carbocycles. The lowest BCUT2D eigenvalue weighted by Crippen LogP contribution is -2.46. The molecule has 1 aromatic heterocycles. The van der Waals surface area contributed by atoms with Crippen molar-refractivity contribution in [1.29, 1.82) is 0 Å². The highest BCUT2D eigenvalue weighted by Gasteiger charge is 2.28. The molecule has 2 aromatic carbocycles. The lowest BCUT2D eigenvalue weighted by molar-refractivity contribution is 0.271. The van der Waals surface area contributed by atoms with Crippen LogP contribution in [0.5, 0.6) is 0 Å². The molecule has 1 fully saturated rings. The molecule has 6 heteroatoms. The molecule has 0 N–H and O–H groups in total. The van der Waals surface area contributed by atoms with Gasteiger partial charge in [-0.3, -0.25) is 4.98 Å². The number of benzene rings is 2. The zero-order valence-electron chi connectivity index (χ0n) is 17.9. The molecule has 0 amide bonds.